The van der Waals surface area contributed by atoms with Crippen LogP contribution in [0.25, 0.3) is 0 Å². The molecule has 0 unspecified atom stereocenters. The van der Waals surface area contributed by atoms with E-state index in [1.165, 1.54) is 48.5 Å². The number of hydrogen-bond donors (Lipinski definition) is 0. The summed E-state index contributed by atoms with van der Waals surface area (Å²) in [5.41, 5.74) is -0.0562. The van der Waals surface area contributed by atoms with Gasteiger partial charge in [0.25, 0.3) is 0 Å². The van der Waals surface area contributed by atoms with Gasteiger partial charge in [0.1, 0.15) is 5.75 Å². The Bertz CT molecular complexity index is 907. The molecule has 138 valence electrons. The van der Waals surface area contributed by atoms with Gasteiger partial charge in [-0.15, -0.1) is 0 Å². The molecule has 0 radical (unpaired) electrons. The Hall–Kier alpha value is -2.81. The first-order valence-electron chi connectivity index (χ1n) is 7.23. The minimum atomic E-state index is -3.64. The summed E-state index contributed by atoms with van der Waals surface area (Å²) in [6.45, 7) is -3.61. The van der Waals surface area contributed by atoms with E-state index in [0.29, 0.717) is 0 Å². The van der Waals surface area contributed by atoms with Gasteiger partial charge >= 0.3 is 12.6 Å². The average molecular weight is 384 g/mol. The third-order valence-electron chi connectivity index (χ3n) is 3.24. The summed E-state index contributed by atoms with van der Waals surface area (Å²) in [5.74, 6) is -1.66. The highest BCUT2D eigenvalue weighted by Crippen LogP contribution is 2.17. The van der Waals surface area contributed by atoms with Gasteiger partial charge in [-0.2, -0.15) is 8.78 Å². The van der Waals surface area contributed by atoms with Crippen LogP contribution in [-0.2, 0) is 14.6 Å². The molecule has 0 atom stereocenters. The first kappa shape index (κ1) is 19.5. The molecule has 0 N–H and O–H groups in total. The van der Waals surface area contributed by atoms with Gasteiger partial charge in [-0.1, -0.05) is 12.1 Å². The first-order chi connectivity index (χ1) is 12.2. The molecule has 0 spiro atoms. The number of hydrogen-bond acceptors (Lipinski definition) is 6. The van der Waals surface area contributed by atoms with E-state index in [4.69, 9.17) is 4.74 Å². The van der Waals surface area contributed by atoms with Gasteiger partial charge in [0.2, 0.25) is 0 Å². The monoisotopic (exact) mass is 384 g/mol. The van der Waals surface area contributed by atoms with E-state index < -0.39 is 34.8 Å². The summed E-state index contributed by atoms with van der Waals surface area (Å²) in [6.07, 6.45) is 0.952. The van der Waals surface area contributed by atoms with Crippen molar-refractivity contribution < 1.29 is 36.3 Å². The summed E-state index contributed by atoms with van der Waals surface area (Å²) in [7, 11) is -3.64. The van der Waals surface area contributed by atoms with Gasteiger partial charge < -0.3 is 9.47 Å². The van der Waals surface area contributed by atoms with E-state index in [0.717, 1.165) is 6.26 Å². The Morgan fingerprint density at radius 1 is 1.04 bits per heavy atom. The lowest BCUT2D eigenvalue weighted by Crippen LogP contribution is -2.16. The maximum Gasteiger partial charge on any atom is 0.387 e. The van der Waals surface area contributed by atoms with E-state index >= 15 is 0 Å². The smallest absolute Gasteiger partial charge is 0.387 e. The molecule has 9 heteroatoms. The number of Topliss-reactive ketones (excluding diaryl/α,β-unsaturated/α-hetero) is 1. The quantitative estimate of drug-likeness (QED) is 0.539. The van der Waals surface area contributed by atoms with Gasteiger partial charge in [-0.3, -0.25) is 4.79 Å². The molecule has 0 heterocycles. The molecule has 2 aromatic carbocycles. The van der Waals surface area contributed by atoms with Gasteiger partial charge in [-0.05, 0) is 36.4 Å². The zero-order valence-corrected chi connectivity index (χ0v) is 14.3. The minimum absolute atomic E-state index is 0.115. The molecule has 0 aliphatic carbocycles. The van der Waals surface area contributed by atoms with Gasteiger partial charge in [0.15, 0.2) is 22.2 Å². The van der Waals surface area contributed by atoms with Crippen LogP contribution in [0.1, 0.15) is 20.7 Å². The number of rotatable bonds is 7. The molecule has 0 aliphatic heterocycles. The standard InChI is InChI=1S/C17H14F2O6S/c1-26(22,23)15-5-3-2-4-13(15)16(21)24-10-14(20)11-6-8-12(9-7-11)25-17(18)19/h2-9,17H,10H2,1H3. The van der Waals surface area contributed by atoms with Crippen LogP contribution in [0.4, 0.5) is 8.78 Å². The fourth-order valence-electron chi connectivity index (χ4n) is 2.07. The maximum absolute atomic E-state index is 12.1. The fraction of sp³-hybridized carbons (Fsp3) is 0.176. The average Bonchev–Trinajstić information content (AvgIpc) is 2.58. The molecule has 2 aromatic rings. The summed E-state index contributed by atoms with van der Waals surface area (Å²) < 4.78 is 56.6. The second kappa shape index (κ2) is 8.05. The summed E-state index contributed by atoms with van der Waals surface area (Å²) in [6, 6.07) is 10.3. The van der Waals surface area contributed by atoms with Crippen molar-refractivity contribution in [2.24, 2.45) is 0 Å². The molecular formula is C17H14F2O6S. The maximum atomic E-state index is 12.1. The third kappa shape index (κ3) is 5.09. The van der Waals surface area contributed by atoms with Gasteiger partial charge in [-0.25, -0.2) is 13.2 Å². The van der Waals surface area contributed by atoms with Crippen molar-refractivity contribution in [2.75, 3.05) is 12.9 Å². The SMILES string of the molecule is CS(=O)(=O)c1ccccc1C(=O)OCC(=O)c1ccc(OC(F)F)cc1. The van der Waals surface area contributed by atoms with Crippen molar-refractivity contribution in [3.63, 3.8) is 0 Å². The number of benzene rings is 2. The van der Waals surface area contributed by atoms with E-state index in [1.807, 2.05) is 0 Å². The predicted octanol–water partition coefficient (Wildman–Crippen LogP) is 2.73. The second-order valence-electron chi connectivity index (χ2n) is 5.17. The molecule has 0 saturated heterocycles. The van der Waals surface area contributed by atoms with Crippen LogP contribution in [0.15, 0.2) is 53.4 Å². The van der Waals surface area contributed by atoms with Gasteiger partial charge in [0, 0.05) is 11.8 Å². The highest BCUT2D eigenvalue weighted by Gasteiger charge is 2.20. The number of carbonyl (C=O) groups excluding carboxylic acids is 2. The molecule has 0 aromatic heterocycles. The zero-order chi connectivity index (χ0) is 19.3. The second-order valence-corrected chi connectivity index (χ2v) is 7.15. The normalized spacial score (nSPS) is 11.2. The number of sulfone groups is 1. The van der Waals surface area contributed by atoms with E-state index in [1.54, 1.807) is 0 Å². The fourth-order valence-corrected chi connectivity index (χ4v) is 2.95. The Morgan fingerprint density at radius 2 is 1.65 bits per heavy atom. The minimum Gasteiger partial charge on any atom is -0.454 e. The molecule has 2 rings (SSSR count). The molecule has 0 saturated carbocycles. The predicted molar refractivity (Wildman–Crippen MR) is 87.2 cm³/mol. The van der Waals surface area contributed by atoms with Crippen LogP contribution in [0.2, 0.25) is 0 Å². The molecule has 0 bridgehead atoms. The number of ketones is 1. The molecule has 0 aliphatic rings. The summed E-state index contributed by atoms with van der Waals surface area (Å²) in [5, 5.41) is 0. The number of alkyl halides is 2. The lowest BCUT2D eigenvalue weighted by Gasteiger charge is -2.08. The van der Waals surface area contributed by atoms with E-state index in [9.17, 15) is 26.8 Å². The van der Waals surface area contributed by atoms with Crippen molar-refractivity contribution in [3.05, 3.63) is 59.7 Å². The van der Waals surface area contributed by atoms with Crippen molar-refractivity contribution in [1.82, 2.24) is 0 Å². The van der Waals surface area contributed by atoms with Crippen LogP contribution in [0.5, 0.6) is 5.75 Å². The molecular weight excluding hydrogens is 370 g/mol. The van der Waals surface area contributed by atoms with Crippen LogP contribution in [0, 0.1) is 0 Å². The van der Waals surface area contributed by atoms with Crippen molar-refractivity contribution >= 4 is 21.6 Å². The Balaban J connectivity index is 2.05. The summed E-state index contributed by atoms with van der Waals surface area (Å²) >= 11 is 0. The Morgan fingerprint density at radius 3 is 2.23 bits per heavy atom. The highest BCUT2D eigenvalue weighted by atomic mass is 32.2. The van der Waals surface area contributed by atoms with E-state index in [2.05, 4.69) is 4.74 Å². The lowest BCUT2D eigenvalue weighted by atomic mass is 10.1. The number of ether oxygens (including phenoxy) is 2. The number of carbonyl (C=O) groups is 2. The molecule has 6 nitrogen and oxygen atoms in total. The lowest BCUT2D eigenvalue weighted by molar-refractivity contribution is -0.0498. The highest BCUT2D eigenvalue weighted by molar-refractivity contribution is 7.90. The number of halogens is 2. The van der Waals surface area contributed by atoms with E-state index in [-0.39, 0.29) is 21.8 Å². The van der Waals surface area contributed by atoms with Gasteiger partial charge in [0.05, 0.1) is 10.5 Å². The van der Waals surface area contributed by atoms with Crippen LogP contribution < -0.4 is 4.74 Å². The Labute approximate surface area is 148 Å². The molecule has 26 heavy (non-hydrogen) atoms. The van der Waals surface area contributed by atoms with Crippen LogP contribution in [-0.4, -0.2) is 39.6 Å². The number of esters is 1. The van der Waals surface area contributed by atoms with Crippen LogP contribution in [0.3, 0.4) is 0 Å². The van der Waals surface area contributed by atoms with Crippen LogP contribution >= 0.6 is 0 Å². The summed E-state index contributed by atoms with van der Waals surface area (Å²) in [4.78, 5) is 23.9. The zero-order valence-electron chi connectivity index (χ0n) is 13.5. The molecule has 0 fully saturated rings. The van der Waals surface area contributed by atoms with Crippen molar-refractivity contribution in [1.29, 1.82) is 0 Å². The Kier molecular flexibility index (Phi) is 6.04. The largest absolute Gasteiger partial charge is 0.454 e. The van der Waals surface area contributed by atoms with Crippen molar-refractivity contribution in [2.45, 2.75) is 11.5 Å². The van der Waals surface area contributed by atoms with Crippen molar-refractivity contribution in [3.8, 4) is 5.75 Å². The topological polar surface area (TPSA) is 86.7 Å². The molecule has 0 amide bonds. The third-order valence-corrected chi connectivity index (χ3v) is 4.40. The first-order valence-corrected chi connectivity index (χ1v) is 9.12.